The predicted octanol–water partition coefficient (Wildman–Crippen LogP) is 2.18. The molecule has 1 aromatic rings. The molecule has 2 aliphatic rings. The largest absolute Gasteiger partial charge is 0.481 e. The van der Waals surface area contributed by atoms with Crippen molar-refractivity contribution in [3.8, 4) is 0 Å². The Kier molecular flexibility index (Phi) is 4.10. The van der Waals surface area contributed by atoms with Gasteiger partial charge in [-0.15, -0.1) is 0 Å². The van der Waals surface area contributed by atoms with Crippen LogP contribution in [0.4, 0.5) is 0 Å². The van der Waals surface area contributed by atoms with Crippen LogP contribution in [0.3, 0.4) is 0 Å². The van der Waals surface area contributed by atoms with E-state index in [-0.39, 0.29) is 5.91 Å². The van der Waals surface area contributed by atoms with Gasteiger partial charge < -0.3 is 15.2 Å². The summed E-state index contributed by atoms with van der Waals surface area (Å²) in [6.07, 6.45) is 1.77. The molecular weight excluding hydrogens is 306 g/mol. The van der Waals surface area contributed by atoms with E-state index in [0.29, 0.717) is 37.5 Å². The van der Waals surface area contributed by atoms with Crippen LogP contribution in [0.15, 0.2) is 24.3 Å². The maximum Gasteiger partial charge on any atom is 0.307 e. The molecular formula is C16H18ClNO4. The van der Waals surface area contributed by atoms with E-state index in [9.17, 15) is 9.59 Å². The van der Waals surface area contributed by atoms with Crippen LogP contribution in [0.25, 0.3) is 0 Å². The first-order valence-electron chi connectivity index (χ1n) is 7.40. The Morgan fingerprint density at radius 2 is 1.82 bits per heavy atom. The number of aliphatic carboxylic acids is 1. The topological polar surface area (TPSA) is 75.6 Å². The molecule has 0 bridgehead atoms. The van der Waals surface area contributed by atoms with Crippen LogP contribution in [0, 0.1) is 11.8 Å². The van der Waals surface area contributed by atoms with E-state index in [0.717, 1.165) is 5.56 Å². The van der Waals surface area contributed by atoms with Gasteiger partial charge in [-0.05, 0) is 37.0 Å². The summed E-state index contributed by atoms with van der Waals surface area (Å²) in [5, 5.41) is 12.7. The van der Waals surface area contributed by atoms with Gasteiger partial charge in [0.25, 0.3) is 0 Å². The predicted molar refractivity (Wildman–Crippen MR) is 80.6 cm³/mol. The number of benzene rings is 1. The molecule has 0 radical (unpaired) electrons. The van der Waals surface area contributed by atoms with Crippen LogP contribution >= 0.6 is 11.6 Å². The number of amides is 1. The minimum atomic E-state index is -0.896. The van der Waals surface area contributed by atoms with Crippen molar-refractivity contribution in [2.75, 3.05) is 13.2 Å². The lowest BCUT2D eigenvalue weighted by Crippen LogP contribution is -2.50. The van der Waals surface area contributed by atoms with E-state index in [2.05, 4.69) is 5.32 Å². The molecule has 2 fully saturated rings. The van der Waals surface area contributed by atoms with Crippen LogP contribution < -0.4 is 5.32 Å². The van der Waals surface area contributed by atoms with Gasteiger partial charge in [-0.1, -0.05) is 23.7 Å². The Bertz CT molecular complexity index is 580. The Labute approximate surface area is 133 Å². The number of carbonyl (C=O) groups is 2. The molecule has 0 unspecified atom stereocenters. The van der Waals surface area contributed by atoms with E-state index in [1.807, 2.05) is 12.1 Å². The number of halogens is 1. The first-order valence-corrected chi connectivity index (χ1v) is 7.78. The molecule has 5 nitrogen and oxygen atoms in total. The molecule has 2 N–H and O–H groups in total. The van der Waals surface area contributed by atoms with Crippen LogP contribution in [0.1, 0.15) is 24.8 Å². The zero-order chi connectivity index (χ0) is 15.7. The fourth-order valence-corrected chi connectivity index (χ4v) is 3.19. The molecule has 118 valence electrons. The maximum absolute atomic E-state index is 12.4. The van der Waals surface area contributed by atoms with Gasteiger partial charge in [0.05, 0.1) is 17.4 Å². The van der Waals surface area contributed by atoms with Crippen molar-refractivity contribution < 1.29 is 19.4 Å². The van der Waals surface area contributed by atoms with Gasteiger partial charge in [0.15, 0.2) is 0 Å². The third kappa shape index (κ3) is 2.96. The first kappa shape index (κ1) is 15.3. The highest BCUT2D eigenvalue weighted by molar-refractivity contribution is 6.30. The highest BCUT2D eigenvalue weighted by Crippen LogP contribution is 2.41. The van der Waals surface area contributed by atoms with Crippen molar-refractivity contribution >= 4 is 23.5 Å². The van der Waals surface area contributed by atoms with E-state index in [1.54, 1.807) is 12.1 Å². The number of carbonyl (C=O) groups excluding carboxylic acids is 1. The van der Waals surface area contributed by atoms with Gasteiger partial charge >= 0.3 is 5.97 Å². The first-order chi connectivity index (χ1) is 10.5. The molecule has 2 atom stereocenters. The Balaban J connectivity index is 1.79. The quantitative estimate of drug-likeness (QED) is 0.890. The molecule has 1 aromatic carbocycles. The second-order valence-corrected chi connectivity index (χ2v) is 6.41. The van der Waals surface area contributed by atoms with Crippen molar-refractivity contribution in [1.82, 2.24) is 5.32 Å². The standard InChI is InChI=1S/C16H18ClNO4/c17-11-3-1-10(2-4-11)16(5-7-22-8-6-16)18-14(19)12-9-13(12)15(20)21/h1-4,12-13H,5-9H2,(H,18,19)(H,20,21)/t12-,13+/m1/s1. The van der Waals surface area contributed by atoms with Gasteiger partial charge in [-0.3, -0.25) is 9.59 Å². The lowest BCUT2D eigenvalue weighted by molar-refractivity contribution is -0.140. The molecule has 1 heterocycles. The number of carboxylic acids is 1. The molecule has 22 heavy (non-hydrogen) atoms. The van der Waals surface area contributed by atoms with E-state index in [1.165, 1.54) is 0 Å². The highest BCUT2D eigenvalue weighted by Gasteiger charge is 2.50. The normalized spacial score (nSPS) is 26.2. The zero-order valence-electron chi connectivity index (χ0n) is 12.0. The van der Waals surface area contributed by atoms with Crippen LogP contribution in [0.5, 0.6) is 0 Å². The number of nitrogens with one attached hydrogen (secondary N) is 1. The van der Waals surface area contributed by atoms with Crippen molar-refractivity contribution in [1.29, 1.82) is 0 Å². The maximum atomic E-state index is 12.4. The fraction of sp³-hybridized carbons (Fsp3) is 0.500. The summed E-state index contributed by atoms with van der Waals surface area (Å²) < 4.78 is 5.42. The monoisotopic (exact) mass is 323 g/mol. The molecule has 0 aromatic heterocycles. The van der Waals surface area contributed by atoms with Crippen LogP contribution in [-0.4, -0.2) is 30.2 Å². The molecule has 1 saturated carbocycles. The third-order valence-electron chi connectivity index (χ3n) is 4.55. The number of ether oxygens (including phenoxy) is 1. The lowest BCUT2D eigenvalue weighted by Gasteiger charge is -2.38. The number of rotatable bonds is 4. The zero-order valence-corrected chi connectivity index (χ0v) is 12.8. The Hall–Kier alpha value is -1.59. The molecule has 3 rings (SSSR count). The minimum absolute atomic E-state index is 0.177. The second kappa shape index (κ2) is 5.89. The van der Waals surface area contributed by atoms with Crippen LogP contribution in [0.2, 0.25) is 5.02 Å². The molecule has 1 saturated heterocycles. The molecule has 1 aliphatic heterocycles. The van der Waals surface area contributed by atoms with Crippen molar-refractivity contribution in [2.45, 2.75) is 24.8 Å². The smallest absolute Gasteiger partial charge is 0.307 e. The Morgan fingerprint density at radius 1 is 1.18 bits per heavy atom. The second-order valence-electron chi connectivity index (χ2n) is 5.98. The van der Waals surface area contributed by atoms with Crippen molar-refractivity contribution in [2.24, 2.45) is 11.8 Å². The summed E-state index contributed by atoms with van der Waals surface area (Å²) in [7, 11) is 0. The van der Waals surface area contributed by atoms with Crippen molar-refractivity contribution in [3.05, 3.63) is 34.9 Å². The molecule has 1 amide bonds. The Morgan fingerprint density at radius 3 is 2.36 bits per heavy atom. The number of carboxylic acid groups (broad SMARTS) is 1. The van der Waals surface area contributed by atoms with E-state index >= 15 is 0 Å². The average molecular weight is 324 g/mol. The van der Waals surface area contributed by atoms with Crippen LogP contribution in [-0.2, 0) is 19.9 Å². The van der Waals surface area contributed by atoms with Gasteiger partial charge in [-0.2, -0.15) is 0 Å². The lowest BCUT2D eigenvalue weighted by atomic mass is 9.82. The summed E-state index contributed by atoms with van der Waals surface area (Å²) >= 11 is 5.94. The number of hydrogen-bond acceptors (Lipinski definition) is 3. The average Bonchev–Trinajstić information content (AvgIpc) is 3.29. The summed E-state index contributed by atoms with van der Waals surface area (Å²) in [5.41, 5.74) is 0.493. The van der Waals surface area contributed by atoms with E-state index < -0.39 is 23.3 Å². The summed E-state index contributed by atoms with van der Waals surface area (Å²) in [6, 6.07) is 7.43. The molecule has 1 aliphatic carbocycles. The summed E-state index contributed by atoms with van der Waals surface area (Å²) in [5.74, 6) is -2.02. The van der Waals surface area contributed by atoms with Gasteiger partial charge in [-0.25, -0.2) is 0 Å². The third-order valence-corrected chi connectivity index (χ3v) is 4.80. The minimum Gasteiger partial charge on any atom is -0.481 e. The van der Waals surface area contributed by atoms with Gasteiger partial charge in [0.2, 0.25) is 5.91 Å². The summed E-state index contributed by atoms with van der Waals surface area (Å²) in [4.78, 5) is 23.3. The summed E-state index contributed by atoms with van der Waals surface area (Å²) in [6.45, 7) is 1.13. The number of hydrogen-bond donors (Lipinski definition) is 2. The van der Waals surface area contributed by atoms with E-state index in [4.69, 9.17) is 21.4 Å². The van der Waals surface area contributed by atoms with Gasteiger partial charge in [0.1, 0.15) is 0 Å². The fourth-order valence-electron chi connectivity index (χ4n) is 3.06. The van der Waals surface area contributed by atoms with Crippen molar-refractivity contribution in [3.63, 3.8) is 0 Å². The highest BCUT2D eigenvalue weighted by atomic mass is 35.5. The molecule has 0 spiro atoms. The molecule has 6 heteroatoms. The van der Waals surface area contributed by atoms with Gasteiger partial charge in [0, 0.05) is 18.2 Å². The SMILES string of the molecule is O=C(O)[C@H]1C[C@H]1C(=O)NC1(c2ccc(Cl)cc2)CCOCC1.